The van der Waals surface area contributed by atoms with Crippen molar-refractivity contribution in [3.05, 3.63) is 29.8 Å². The van der Waals surface area contributed by atoms with Gasteiger partial charge in [-0.2, -0.15) is 4.31 Å². The Bertz CT molecular complexity index is 499. The molecule has 1 aliphatic heterocycles. The highest BCUT2D eigenvalue weighted by atomic mass is 32.2. The summed E-state index contributed by atoms with van der Waals surface area (Å²) in [6.45, 7) is 2.92. The SMILES string of the molecule is CCc1ccccc1S(=O)(=O)N1CC[C@@H](N)C1. The molecule has 0 aliphatic carbocycles. The molecule has 0 aromatic heterocycles. The number of sulfonamides is 1. The van der Waals surface area contributed by atoms with Gasteiger partial charge in [-0.05, 0) is 24.5 Å². The van der Waals surface area contributed by atoms with Gasteiger partial charge in [0.15, 0.2) is 0 Å². The molecule has 2 rings (SSSR count). The van der Waals surface area contributed by atoms with Crippen LogP contribution >= 0.6 is 0 Å². The molecule has 1 aromatic rings. The van der Waals surface area contributed by atoms with Crippen LogP contribution in [0.1, 0.15) is 18.9 Å². The molecule has 0 amide bonds. The number of hydrogen-bond acceptors (Lipinski definition) is 3. The van der Waals surface area contributed by atoms with Crippen molar-refractivity contribution in [3.8, 4) is 0 Å². The van der Waals surface area contributed by atoms with E-state index in [1.807, 2.05) is 19.1 Å². The fourth-order valence-corrected chi connectivity index (χ4v) is 3.96. The van der Waals surface area contributed by atoms with Crippen molar-refractivity contribution < 1.29 is 8.42 Å². The molecule has 1 saturated heterocycles. The van der Waals surface area contributed by atoms with Crippen molar-refractivity contribution in [1.82, 2.24) is 4.31 Å². The highest BCUT2D eigenvalue weighted by Gasteiger charge is 2.31. The van der Waals surface area contributed by atoms with Gasteiger partial charge in [-0.3, -0.25) is 0 Å². The zero-order valence-electron chi connectivity index (χ0n) is 9.96. The standard InChI is InChI=1S/C12H18N2O2S/c1-2-10-5-3-4-6-12(10)17(15,16)14-8-7-11(13)9-14/h3-6,11H,2,7-9,13H2,1H3/t11-/m1/s1. The molecule has 4 nitrogen and oxygen atoms in total. The first-order chi connectivity index (χ1) is 8.05. The lowest BCUT2D eigenvalue weighted by atomic mass is 10.2. The van der Waals surface area contributed by atoms with Crippen LogP contribution in [0, 0.1) is 0 Å². The van der Waals surface area contributed by atoms with Crippen LogP contribution in [-0.2, 0) is 16.4 Å². The summed E-state index contributed by atoms with van der Waals surface area (Å²) in [7, 11) is -3.36. The van der Waals surface area contributed by atoms with E-state index in [1.165, 1.54) is 4.31 Å². The van der Waals surface area contributed by atoms with E-state index in [9.17, 15) is 8.42 Å². The Hall–Kier alpha value is -0.910. The van der Waals surface area contributed by atoms with Gasteiger partial charge in [-0.1, -0.05) is 25.1 Å². The Kier molecular flexibility index (Phi) is 3.51. The fraction of sp³-hybridized carbons (Fsp3) is 0.500. The lowest BCUT2D eigenvalue weighted by molar-refractivity contribution is 0.471. The summed E-state index contributed by atoms with van der Waals surface area (Å²) in [6, 6.07) is 7.15. The van der Waals surface area contributed by atoms with E-state index in [0.29, 0.717) is 18.0 Å². The number of rotatable bonds is 3. The minimum absolute atomic E-state index is 0.0291. The lowest BCUT2D eigenvalue weighted by Crippen LogP contribution is -2.32. The highest BCUT2D eigenvalue weighted by molar-refractivity contribution is 7.89. The number of hydrogen-bond donors (Lipinski definition) is 1. The predicted octanol–water partition coefficient (Wildman–Crippen LogP) is 0.971. The van der Waals surface area contributed by atoms with Crippen LogP contribution in [0.4, 0.5) is 0 Å². The average Bonchev–Trinajstić information content (AvgIpc) is 2.76. The van der Waals surface area contributed by atoms with Crippen molar-refractivity contribution in [1.29, 1.82) is 0 Å². The second kappa shape index (κ2) is 4.76. The minimum atomic E-state index is -3.36. The van der Waals surface area contributed by atoms with E-state index in [4.69, 9.17) is 5.73 Å². The molecule has 0 unspecified atom stereocenters. The third-order valence-corrected chi connectivity index (χ3v) is 5.12. The van der Waals surface area contributed by atoms with Crippen molar-refractivity contribution in [2.24, 2.45) is 5.73 Å². The molecule has 1 atom stereocenters. The quantitative estimate of drug-likeness (QED) is 0.874. The van der Waals surface area contributed by atoms with Gasteiger partial charge in [0.05, 0.1) is 4.90 Å². The smallest absolute Gasteiger partial charge is 0.243 e. The zero-order valence-corrected chi connectivity index (χ0v) is 10.8. The van der Waals surface area contributed by atoms with Gasteiger partial charge in [0, 0.05) is 19.1 Å². The van der Waals surface area contributed by atoms with Crippen LogP contribution in [0.5, 0.6) is 0 Å². The van der Waals surface area contributed by atoms with Crippen LogP contribution in [0.25, 0.3) is 0 Å². The molecule has 94 valence electrons. The molecule has 0 spiro atoms. The Morgan fingerprint density at radius 3 is 2.71 bits per heavy atom. The van der Waals surface area contributed by atoms with Crippen molar-refractivity contribution in [2.75, 3.05) is 13.1 Å². The molecule has 0 radical (unpaired) electrons. The van der Waals surface area contributed by atoms with Crippen LogP contribution in [0.3, 0.4) is 0 Å². The molecule has 1 fully saturated rings. The minimum Gasteiger partial charge on any atom is -0.326 e. The zero-order chi connectivity index (χ0) is 12.5. The molecule has 1 heterocycles. The van der Waals surface area contributed by atoms with Gasteiger partial charge < -0.3 is 5.73 Å². The lowest BCUT2D eigenvalue weighted by Gasteiger charge is -2.17. The summed E-state index contributed by atoms with van der Waals surface area (Å²) in [5.41, 5.74) is 6.63. The number of nitrogens with zero attached hydrogens (tertiary/aromatic N) is 1. The second-order valence-electron chi connectivity index (χ2n) is 4.37. The van der Waals surface area contributed by atoms with Crippen LogP contribution < -0.4 is 5.73 Å². The maximum absolute atomic E-state index is 12.4. The fourth-order valence-electron chi connectivity index (χ4n) is 2.16. The summed E-state index contributed by atoms with van der Waals surface area (Å²) < 4.78 is 26.4. The third kappa shape index (κ3) is 2.36. The summed E-state index contributed by atoms with van der Waals surface area (Å²) in [4.78, 5) is 0.427. The molecule has 0 bridgehead atoms. The topological polar surface area (TPSA) is 63.4 Å². The van der Waals surface area contributed by atoms with Crippen molar-refractivity contribution in [2.45, 2.75) is 30.7 Å². The predicted molar refractivity (Wildman–Crippen MR) is 67.2 cm³/mol. The van der Waals surface area contributed by atoms with Crippen LogP contribution in [0.2, 0.25) is 0 Å². The maximum atomic E-state index is 12.4. The van der Waals surface area contributed by atoms with E-state index in [2.05, 4.69) is 0 Å². The van der Waals surface area contributed by atoms with Crippen molar-refractivity contribution >= 4 is 10.0 Å². The summed E-state index contributed by atoms with van der Waals surface area (Å²) in [5, 5.41) is 0. The summed E-state index contributed by atoms with van der Waals surface area (Å²) in [6.07, 6.45) is 1.46. The van der Waals surface area contributed by atoms with E-state index in [-0.39, 0.29) is 6.04 Å². The molecule has 1 aliphatic rings. The van der Waals surface area contributed by atoms with Gasteiger partial charge in [0.1, 0.15) is 0 Å². The van der Waals surface area contributed by atoms with E-state index >= 15 is 0 Å². The highest BCUT2D eigenvalue weighted by Crippen LogP contribution is 2.23. The first-order valence-electron chi connectivity index (χ1n) is 5.89. The summed E-state index contributed by atoms with van der Waals surface area (Å²) >= 11 is 0. The Morgan fingerprint density at radius 1 is 1.41 bits per heavy atom. The van der Waals surface area contributed by atoms with Gasteiger partial charge in [0.2, 0.25) is 10.0 Å². The molecule has 5 heteroatoms. The maximum Gasteiger partial charge on any atom is 0.243 e. The van der Waals surface area contributed by atoms with Gasteiger partial charge >= 0.3 is 0 Å². The monoisotopic (exact) mass is 254 g/mol. The Labute approximate surface area is 102 Å². The Morgan fingerprint density at radius 2 is 2.12 bits per heavy atom. The third-order valence-electron chi connectivity index (χ3n) is 3.16. The molecular weight excluding hydrogens is 236 g/mol. The summed E-state index contributed by atoms with van der Waals surface area (Å²) in [5.74, 6) is 0. The van der Waals surface area contributed by atoms with E-state index < -0.39 is 10.0 Å². The number of nitrogens with two attached hydrogens (primary N) is 1. The largest absolute Gasteiger partial charge is 0.326 e. The normalized spacial score (nSPS) is 21.9. The van der Waals surface area contributed by atoms with Crippen LogP contribution in [-0.4, -0.2) is 31.9 Å². The average molecular weight is 254 g/mol. The van der Waals surface area contributed by atoms with Gasteiger partial charge in [-0.25, -0.2) is 8.42 Å². The van der Waals surface area contributed by atoms with E-state index in [0.717, 1.165) is 18.4 Å². The second-order valence-corrected chi connectivity index (χ2v) is 6.28. The van der Waals surface area contributed by atoms with E-state index in [1.54, 1.807) is 12.1 Å². The van der Waals surface area contributed by atoms with Crippen LogP contribution in [0.15, 0.2) is 29.2 Å². The first-order valence-corrected chi connectivity index (χ1v) is 7.33. The van der Waals surface area contributed by atoms with Gasteiger partial charge in [-0.15, -0.1) is 0 Å². The molecule has 0 saturated carbocycles. The molecule has 2 N–H and O–H groups in total. The number of benzene rings is 1. The molecule has 1 aromatic carbocycles. The number of aryl methyl sites for hydroxylation is 1. The molecular formula is C12H18N2O2S. The molecule has 17 heavy (non-hydrogen) atoms. The van der Waals surface area contributed by atoms with Crippen molar-refractivity contribution in [3.63, 3.8) is 0 Å². The Balaban J connectivity index is 2.38. The first kappa shape index (κ1) is 12.5. The van der Waals surface area contributed by atoms with Gasteiger partial charge in [0.25, 0.3) is 0 Å².